The Kier molecular flexibility index (Phi) is 6.42. The zero-order valence-electron chi connectivity index (χ0n) is 15.3. The van der Waals surface area contributed by atoms with Gasteiger partial charge in [0.05, 0.1) is 12.8 Å². The zero-order valence-corrected chi connectivity index (χ0v) is 15.3. The number of likely N-dealkylation sites (tertiary alicyclic amines) is 1. The molecule has 0 saturated carbocycles. The van der Waals surface area contributed by atoms with Gasteiger partial charge in [-0.1, -0.05) is 18.2 Å². The number of pyridine rings is 1. The number of carbonyl (C=O) groups excluding carboxylic acids is 1. The maximum absolute atomic E-state index is 12.3. The number of hydrogen-bond donors (Lipinski definition) is 0. The van der Waals surface area contributed by atoms with Crippen molar-refractivity contribution >= 4 is 12.0 Å². The second-order valence-electron chi connectivity index (χ2n) is 6.74. The van der Waals surface area contributed by atoms with Crippen molar-refractivity contribution in [2.75, 3.05) is 20.2 Å². The number of piperidine rings is 1. The summed E-state index contributed by atoms with van der Waals surface area (Å²) in [5.74, 6) is 1.68. The predicted molar refractivity (Wildman–Crippen MR) is 104 cm³/mol. The molecule has 3 rings (SSSR count). The van der Waals surface area contributed by atoms with E-state index in [9.17, 15) is 4.79 Å². The van der Waals surface area contributed by atoms with Gasteiger partial charge in [0.15, 0.2) is 0 Å². The molecule has 0 bridgehead atoms. The standard InChI is InChI=1S/C22H26N2O2/c1-26-21-10-7-18(8-11-21)5-6-19-13-16-24(17-14-19)22(25)12-9-20-4-2-3-15-23-20/h2-4,7-12,15,19H,5-6,13-14,16-17H2,1H3/b12-9+. The lowest BCUT2D eigenvalue weighted by atomic mass is 9.90. The molecule has 1 aliphatic heterocycles. The first-order chi connectivity index (χ1) is 12.7. The van der Waals surface area contributed by atoms with Gasteiger partial charge in [-0.3, -0.25) is 9.78 Å². The molecule has 1 amide bonds. The quantitative estimate of drug-likeness (QED) is 0.740. The number of carbonyl (C=O) groups is 1. The lowest BCUT2D eigenvalue weighted by Gasteiger charge is -2.31. The number of hydrogen-bond acceptors (Lipinski definition) is 3. The topological polar surface area (TPSA) is 42.4 Å². The highest BCUT2D eigenvalue weighted by atomic mass is 16.5. The normalized spacial score (nSPS) is 15.3. The molecule has 1 saturated heterocycles. The van der Waals surface area contributed by atoms with E-state index in [1.54, 1.807) is 25.5 Å². The van der Waals surface area contributed by atoms with Crippen molar-refractivity contribution < 1.29 is 9.53 Å². The molecule has 0 spiro atoms. The van der Waals surface area contributed by atoms with E-state index in [-0.39, 0.29) is 5.91 Å². The first kappa shape index (κ1) is 18.2. The predicted octanol–water partition coefficient (Wildman–Crippen LogP) is 3.97. The summed E-state index contributed by atoms with van der Waals surface area (Å²) in [7, 11) is 1.69. The Morgan fingerprint density at radius 2 is 1.96 bits per heavy atom. The fraction of sp³-hybridized carbons (Fsp3) is 0.364. The van der Waals surface area contributed by atoms with E-state index < -0.39 is 0 Å². The van der Waals surface area contributed by atoms with E-state index in [2.05, 4.69) is 17.1 Å². The van der Waals surface area contributed by atoms with Crippen LogP contribution in [0.15, 0.2) is 54.7 Å². The minimum Gasteiger partial charge on any atom is -0.497 e. The molecule has 2 aromatic rings. The first-order valence-electron chi connectivity index (χ1n) is 9.25. The van der Waals surface area contributed by atoms with Gasteiger partial charge in [-0.25, -0.2) is 0 Å². The van der Waals surface area contributed by atoms with Gasteiger partial charge >= 0.3 is 0 Å². The molecular formula is C22H26N2O2. The number of aromatic nitrogens is 1. The molecule has 1 fully saturated rings. The smallest absolute Gasteiger partial charge is 0.246 e. The third kappa shape index (κ3) is 5.19. The molecule has 4 nitrogen and oxygen atoms in total. The Balaban J connectivity index is 1.42. The van der Waals surface area contributed by atoms with Crippen molar-refractivity contribution in [1.29, 1.82) is 0 Å². The summed E-state index contributed by atoms with van der Waals surface area (Å²) in [4.78, 5) is 18.5. The van der Waals surface area contributed by atoms with Crippen LogP contribution < -0.4 is 4.74 Å². The summed E-state index contributed by atoms with van der Waals surface area (Å²) in [6, 6.07) is 14.0. The Labute approximate surface area is 155 Å². The maximum Gasteiger partial charge on any atom is 0.246 e. The highest BCUT2D eigenvalue weighted by Crippen LogP contribution is 2.23. The van der Waals surface area contributed by atoms with Gasteiger partial charge in [0.25, 0.3) is 0 Å². The van der Waals surface area contributed by atoms with Crippen molar-refractivity contribution in [1.82, 2.24) is 9.88 Å². The van der Waals surface area contributed by atoms with Crippen LogP contribution in [0.25, 0.3) is 6.08 Å². The van der Waals surface area contributed by atoms with Crippen LogP contribution in [0.1, 0.15) is 30.5 Å². The van der Waals surface area contributed by atoms with Crippen molar-refractivity contribution in [3.63, 3.8) is 0 Å². The second kappa shape index (κ2) is 9.18. The lowest BCUT2D eigenvalue weighted by molar-refractivity contribution is -0.127. The van der Waals surface area contributed by atoms with Gasteiger partial charge < -0.3 is 9.64 Å². The second-order valence-corrected chi connectivity index (χ2v) is 6.74. The third-order valence-electron chi connectivity index (χ3n) is 5.01. The SMILES string of the molecule is COc1ccc(CCC2CCN(C(=O)/C=C/c3ccccn3)CC2)cc1. The van der Waals surface area contributed by atoms with Crippen LogP contribution in [0.5, 0.6) is 5.75 Å². The van der Waals surface area contributed by atoms with E-state index in [0.717, 1.165) is 43.8 Å². The van der Waals surface area contributed by atoms with Crippen LogP contribution in [0.4, 0.5) is 0 Å². The van der Waals surface area contributed by atoms with Gasteiger partial charge in [0.1, 0.15) is 5.75 Å². The Hall–Kier alpha value is -2.62. The van der Waals surface area contributed by atoms with Gasteiger partial charge in [0.2, 0.25) is 5.91 Å². The van der Waals surface area contributed by atoms with Gasteiger partial charge in [-0.2, -0.15) is 0 Å². The van der Waals surface area contributed by atoms with E-state index in [0.29, 0.717) is 5.92 Å². The number of ether oxygens (including phenoxy) is 1. The zero-order chi connectivity index (χ0) is 18.2. The molecule has 136 valence electrons. The summed E-state index contributed by atoms with van der Waals surface area (Å²) in [6.45, 7) is 1.69. The van der Waals surface area contributed by atoms with Gasteiger partial charge in [0, 0.05) is 25.4 Å². The molecule has 2 heterocycles. The van der Waals surface area contributed by atoms with Crippen molar-refractivity contribution in [2.45, 2.75) is 25.7 Å². The maximum atomic E-state index is 12.3. The van der Waals surface area contributed by atoms with Crippen LogP contribution in [0.3, 0.4) is 0 Å². The van der Waals surface area contributed by atoms with E-state index in [4.69, 9.17) is 4.74 Å². The fourth-order valence-electron chi connectivity index (χ4n) is 3.34. The van der Waals surface area contributed by atoms with E-state index >= 15 is 0 Å². The number of methoxy groups -OCH3 is 1. The van der Waals surface area contributed by atoms with Crippen LogP contribution >= 0.6 is 0 Å². The van der Waals surface area contributed by atoms with Crippen molar-refractivity contribution in [2.24, 2.45) is 5.92 Å². The minimum atomic E-state index is 0.0873. The summed E-state index contributed by atoms with van der Waals surface area (Å²) in [6.07, 6.45) is 9.59. The van der Waals surface area contributed by atoms with Crippen molar-refractivity contribution in [3.8, 4) is 5.75 Å². The molecule has 0 radical (unpaired) electrons. The number of aryl methyl sites for hydroxylation is 1. The van der Waals surface area contributed by atoms with Crippen LogP contribution in [-0.2, 0) is 11.2 Å². The molecule has 26 heavy (non-hydrogen) atoms. The fourth-order valence-corrected chi connectivity index (χ4v) is 3.34. The molecule has 1 aliphatic rings. The number of amides is 1. The third-order valence-corrected chi connectivity index (χ3v) is 5.01. The first-order valence-corrected chi connectivity index (χ1v) is 9.25. The minimum absolute atomic E-state index is 0.0873. The van der Waals surface area contributed by atoms with Crippen LogP contribution in [-0.4, -0.2) is 36.0 Å². The summed E-state index contributed by atoms with van der Waals surface area (Å²) >= 11 is 0. The lowest BCUT2D eigenvalue weighted by Crippen LogP contribution is -2.37. The van der Waals surface area contributed by atoms with Crippen molar-refractivity contribution in [3.05, 3.63) is 66.0 Å². The number of nitrogens with zero attached hydrogens (tertiary/aromatic N) is 2. The van der Waals surface area contributed by atoms with Gasteiger partial charge in [-0.05, 0) is 67.5 Å². The van der Waals surface area contributed by atoms with Crippen LogP contribution in [0, 0.1) is 5.92 Å². The summed E-state index contributed by atoms with van der Waals surface area (Å²) < 4.78 is 5.20. The molecule has 0 unspecified atom stereocenters. The molecule has 0 aliphatic carbocycles. The van der Waals surface area contributed by atoms with Gasteiger partial charge in [-0.15, -0.1) is 0 Å². The highest BCUT2D eigenvalue weighted by Gasteiger charge is 2.21. The molecule has 1 aromatic heterocycles. The average Bonchev–Trinajstić information content (AvgIpc) is 2.72. The average molecular weight is 350 g/mol. The molecule has 0 N–H and O–H groups in total. The highest BCUT2D eigenvalue weighted by molar-refractivity contribution is 5.91. The molecular weight excluding hydrogens is 324 g/mol. The number of rotatable bonds is 6. The summed E-state index contributed by atoms with van der Waals surface area (Å²) in [5, 5.41) is 0. The Morgan fingerprint density at radius 1 is 1.19 bits per heavy atom. The Morgan fingerprint density at radius 3 is 2.62 bits per heavy atom. The Bertz CT molecular complexity index is 718. The molecule has 0 atom stereocenters. The molecule has 4 heteroatoms. The summed E-state index contributed by atoms with van der Waals surface area (Å²) in [5.41, 5.74) is 2.16. The molecule has 1 aromatic carbocycles. The monoisotopic (exact) mass is 350 g/mol. The number of benzene rings is 1. The van der Waals surface area contributed by atoms with Crippen LogP contribution in [0.2, 0.25) is 0 Å². The largest absolute Gasteiger partial charge is 0.497 e. The van der Waals surface area contributed by atoms with E-state index in [1.165, 1.54) is 12.0 Å². The van der Waals surface area contributed by atoms with E-state index in [1.807, 2.05) is 35.2 Å².